The van der Waals surface area contributed by atoms with Crippen LogP contribution in [0.1, 0.15) is 36.9 Å². The standard InChI is InChI=1S/C17H25N3S/c1-6-20(15-10-8-7-9-13(15)4)17-19-14(5)16(21-17)11-18-12(2)3/h7-10,12,18H,6,11H2,1-5H3. The Morgan fingerprint density at radius 2 is 1.95 bits per heavy atom. The van der Waals surface area contributed by atoms with Gasteiger partial charge in [-0.1, -0.05) is 43.4 Å². The number of para-hydroxylation sites is 1. The Hall–Kier alpha value is -1.39. The smallest absolute Gasteiger partial charge is 0.190 e. The number of hydrogen-bond acceptors (Lipinski definition) is 4. The minimum Gasteiger partial charge on any atom is -0.318 e. The first kappa shape index (κ1) is 16.0. The van der Waals surface area contributed by atoms with Gasteiger partial charge < -0.3 is 10.2 Å². The Morgan fingerprint density at radius 1 is 1.24 bits per heavy atom. The van der Waals surface area contributed by atoms with E-state index in [1.165, 1.54) is 16.1 Å². The molecule has 3 nitrogen and oxygen atoms in total. The Morgan fingerprint density at radius 3 is 2.57 bits per heavy atom. The number of anilines is 2. The summed E-state index contributed by atoms with van der Waals surface area (Å²) in [6, 6.07) is 8.99. The van der Waals surface area contributed by atoms with Crippen LogP contribution >= 0.6 is 11.3 Å². The van der Waals surface area contributed by atoms with Gasteiger partial charge in [0.15, 0.2) is 5.13 Å². The van der Waals surface area contributed by atoms with Gasteiger partial charge in [0.05, 0.1) is 5.69 Å². The molecule has 0 aliphatic heterocycles. The quantitative estimate of drug-likeness (QED) is 0.856. The summed E-state index contributed by atoms with van der Waals surface area (Å²) in [6.45, 7) is 12.6. The third kappa shape index (κ3) is 3.83. The SMILES string of the molecule is CCN(c1nc(C)c(CNC(C)C)s1)c1ccccc1C. The van der Waals surface area contributed by atoms with Gasteiger partial charge >= 0.3 is 0 Å². The van der Waals surface area contributed by atoms with E-state index in [1.807, 2.05) is 0 Å². The first-order valence-corrected chi connectivity index (χ1v) is 8.37. The van der Waals surface area contributed by atoms with Crippen molar-refractivity contribution in [2.75, 3.05) is 11.4 Å². The summed E-state index contributed by atoms with van der Waals surface area (Å²) in [7, 11) is 0. The van der Waals surface area contributed by atoms with Crippen molar-refractivity contribution in [3.05, 3.63) is 40.4 Å². The second kappa shape index (κ2) is 7.05. The largest absolute Gasteiger partial charge is 0.318 e. The Kier molecular flexibility index (Phi) is 5.37. The second-order valence-corrected chi connectivity index (χ2v) is 6.63. The molecule has 114 valence electrons. The van der Waals surface area contributed by atoms with Crippen molar-refractivity contribution in [3.63, 3.8) is 0 Å². The summed E-state index contributed by atoms with van der Waals surface area (Å²) >= 11 is 1.79. The van der Waals surface area contributed by atoms with Crippen molar-refractivity contribution in [2.45, 2.75) is 47.2 Å². The van der Waals surface area contributed by atoms with Gasteiger partial charge in [0.25, 0.3) is 0 Å². The predicted molar refractivity (Wildman–Crippen MR) is 92.7 cm³/mol. The molecule has 0 amide bonds. The lowest BCUT2D eigenvalue weighted by molar-refractivity contribution is 0.591. The maximum absolute atomic E-state index is 4.78. The van der Waals surface area contributed by atoms with Crippen LogP contribution in [0.25, 0.3) is 0 Å². The normalized spacial score (nSPS) is 11.1. The Balaban J connectivity index is 2.27. The van der Waals surface area contributed by atoms with Gasteiger partial charge in [0, 0.05) is 29.7 Å². The van der Waals surface area contributed by atoms with Crippen LogP contribution in [0.5, 0.6) is 0 Å². The minimum absolute atomic E-state index is 0.494. The van der Waals surface area contributed by atoms with Gasteiger partial charge in [0.1, 0.15) is 0 Å². The van der Waals surface area contributed by atoms with E-state index in [0.29, 0.717) is 6.04 Å². The van der Waals surface area contributed by atoms with E-state index in [-0.39, 0.29) is 0 Å². The first-order valence-electron chi connectivity index (χ1n) is 7.55. The van der Waals surface area contributed by atoms with Crippen molar-refractivity contribution < 1.29 is 0 Å². The molecule has 21 heavy (non-hydrogen) atoms. The third-order valence-electron chi connectivity index (χ3n) is 3.51. The molecular weight excluding hydrogens is 278 g/mol. The van der Waals surface area contributed by atoms with E-state index in [1.54, 1.807) is 11.3 Å². The number of rotatable bonds is 6. The number of nitrogens with zero attached hydrogens (tertiary/aromatic N) is 2. The topological polar surface area (TPSA) is 28.2 Å². The van der Waals surface area contributed by atoms with Gasteiger partial charge in [-0.05, 0) is 32.4 Å². The molecule has 0 spiro atoms. The summed E-state index contributed by atoms with van der Waals surface area (Å²) in [4.78, 5) is 8.40. The van der Waals surface area contributed by atoms with E-state index in [0.717, 1.165) is 23.9 Å². The molecule has 0 unspecified atom stereocenters. The average Bonchev–Trinajstić information content (AvgIpc) is 2.80. The molecule has 1 aromatic heterocycles. The molecule has 1 aromatic carbocycles. The highest BCUT2D eigenvalue weighted by Crippen LogP contribution is 2.33. The Labute approximate surface area is 132 Å². The highest BCUT2D eigenvalue weighted by atomic mass is 32.1. The molecule has 0 bridgehead atoms. The van der Waals surface area contributed by atoms with Crippen LogP contribution in [0, 0.1) is 13.8 Å². The lowest BCUT2D eigenvalue weighted by Gasteiger charge is -2.21. The lowest BCUT2D eigenvalue weighted by Crippen LogP contribution is -2.21. The van der Waals surface area contributed by atoms with E-state index in [4.69, 9.17) is 4.98 Å². The van der Waals surface area contributed by atoms with E-state index >= 15 is 0 Å². The molecule has 1 heterocycles. The van der Waals surface area contributed by atoms with Crippen LogP contribution in [0.4, 0.5) is 10.8 Å². The predicted octanol–water partition coefficient (Wildman–Crippen LogP) is 4.42. The van der Waals surface area contributed by atoms with E-state index in [9.17, 15) is 0 Å². The fraction of sp³-hybridized carbons (Fsp3) is 0.471. The van der Waals surface area contributed by atoms with Gasteiger partial charge in [-0.15, -0.1) is 0 Å². The molecule has 0 saturated heterocycles. The van der Waals surface area contributed by atoms with Crippen LogP contribution in [-0.4, -0.2) is 17.6 Å². The molecular formula is C17H25N3S. The molecule has 0 aliphatic carbocycles. The average molecular weight is 303 g/mol. The van der Waals surface area contributed by atoms with Crippen LogP contribution in [0.2, 0.25) is 0 Å². The number of aryl methyl sites for hydroxylation is 2. The Bertz CT molecular complexity index is 589. The molecule has 2 aromatic rings. The lowest BCUT2D eigenvalue weighted by atomic mass is 10.2. The molecule has 1 N–H and O–H groups in total. The number of hydrogen-bond donors (Lipinski definition) is 1. The van der Waals surface area contributed by atoms with Crippen LogP contribution in [0.15, 0.2) is 24.3 Å². The van der Waals surface area contributed by atoms with Gasteiger partial charge in [-0.2, -0.15) is 0 Å². The molecule has 0 aliphatic rings. The molecule has 0 atom stereocenters. The maximum atomic E-state index is 4.78. The van der Waals surface area contributed by atoms with Crippen LogP contribution < -0.4 is 10.2 Å². The summed E-state index contributed by atoms with van der Waals surface area (Å²) in [5.74, 6) is 0. The van der Waals surface area contributed by atoms with Crippen LogP contribution in [0.3, 0.4) is 0 Å². The second-order valence-electron chi connectivity index (χ2n) is 5.57. The van der Waals surface area contributed by atoms with Crippen molar-refractivity contribution in [1.29, 1.82) is 0 Å². The van der Waals surface area contributed by atoms with Crippen molar-refractivity contribution in [3.8, 4) is 0 Å². The monoisotopic (exact) mass is 303 g/mol. The summed E-state index contributed by atoms with van der Waals surface area (Å²) in [5, 5.41) is 4.56. The van der Waals surface area contributed by atoms with Crippen molar-refractivity contribution in [1.82, 2.24) is 10.3 Å². The fourth-order valence-corrected chi connectivity index (χ4v) is 3.35. The highest BCUT2D eigenvalue weighted by Gasteiger charge is 2.15. The molecule has 2 rings (SSSR count). The molecule has 0 radical (unpaired) electrons. The third-order valence-corrected chi connectivity index (χ3v) is 4.69. The molecule has 4 heteroatoms. The van der Waals surface area contributed by atoms with Gasteiger partial charge in [0.2, 0.25) is 0 Å². The number of aromatic nitrogens is 1. The number of benzene rings is 1. The van der Waals surface area contributed by atoms with E-state index in [2.05, 4.69) is 69.1 Å². The molecule has 0 fully saturated rings. The fourth-order valence-electron chi connectivity index (χ4n) is 2.26. The zero-order valence-electron chi connectivity index (χ0n) is 13.6. The first-order chi connectivity index (χ1) is 10.0. The summed E-state index contributed by atoms with van der Waals surface area (Å²) in [5.41, 5.74) is 3.67. The van der Waals surface area contributed by atoms with Crippen molar-refractivity contribution in [2.24, 2.45) is 0 Å². The van der Waals surface area contributed by atoms with E-state index < -0.39 is 0 Å². The van der Waals surface area contributed by atoms with Crippen molar-refractivity contribution >= 4 is 22.2 Å². The zero-order chi connectivity index (χ0) is 15.4. The highest BCUT2D eigenvalue weighted by molar-refractivity contribution is 7.15. The number of nitrogens with one attached hydrogen (secondary N) is 1. The summed E-state index contributed by atoms with van der Waals surface area (Å²) in [6.07, 6.45) is 0. The van der Waals surface area contributed by atoms with Crippen LogP contribution in [-0.2, 0) is 6.54 Å². The van der Waals surface area contributed by atoms with Gasteiger partial charge in [-0.25, -0.2) is 4.98 Å². The maximum Gasteiger partial charge on any atom is 0.190 e. The number of thiazole rings is 1. The summed E-state index contributed by atoms with van der Waals surface area (Å²) < 4.78 is 0. The minimum atomic E-state index is 0.494. The zero-order valence-corrected chi connectivity index (χ0v) is 14.4. The molecule has 0 saturated carbocycles. The van der Waals surface area contributed by atoms with Gasteiger partial charge in [-0.3, -0.25) is 0 Å².